The van der Waals surface area contributed by atoms with Crippen molar-refractivity contribution in [3.8, 4) is 23.0 Å². The number of hydroxylamine groups is 2. The molecule has 6 rings (SSSR count). The number of aliphatic imine (C=N–C) groups is 2. The fourth-order valence-corrected chi connectivity index (χ4v) is 6.38. The van der Waals surface area contributed by atoms with Gasteiger partial charge in [-0.3, -0.25) is 34.0 Å². The molecule has 0 fully saturated rings. The average Bonchev–Trinajstić information content (AvgIpc) is 3.52. The molecule has 0 aliphatic carbocycles. The number of nitrogens with zero attached hydrogens (tertiary/aromatic N) is 4. The second-order valence-corrected chi connectivity index (χ2v) is 13.9. The van der Waals surface area contributed by atoms with E-state index < -0.39 is 12.1 Å². The molecule has 0 bridgehead atoms. The molecule has 16 heteroatoms. The van der Waals surface area contributed by atoms with E-state index in [-0.39, 0.29) is 55.3 Å². The lowest BCUT2D eigenvalue weighted by molar-refractivity contribution is -0.127. The number of carbonyl (C=O) groups excluding carboxylic acids is 4. The van der Waals surface area contributed by atoms with Crippen LogP contribution in [0.3, 0.4) is 0 Å². The van der Waals surface area contributed by atoms with Crippen molar-refractivity contribution < 1.29 is 43.0 Å². The number of ether oxygens (including phenoxy) is 4. The van der Waals surface area contributed by atoms with E-state index in [0.717, 1.165) is 11.1 Å². The summed E-state index contributed by atoms with van der Waals surface area (Å²) in [5.74, 6) is 0.265. The van der Waals surface area contributed by atoms with Crippen LogP contribution in [-0.4, -0.2) is 105 Å². The van der Waals surface area contributed by atoms with Crippen molar-refractivity contribution in [2.45, 2.75) is 51.7 Å². The van der Waals surface area contributed by atoms with Gasteiger partial charge in [0.25, 0.3) is 11.8 Å². The molecule has 0 radical (unpaired) electrons. The number of anilines is 1. The molecule has 0 saturated heterocycles. The minimum atomic E-state index is -0.773. The Morgan fingerprint density at radius 2 is 1.46 bits per heavy atom. The van der Waals surface area contributed by atoms with Crippen LogP contribution in [0.2, 0.25) is 0 Å². The Balaban J connectivity index is 1.05. The third-order valence-electron chi connectivity index (χ3n) is 9.75. The number of methoxy groups -OCH3 is 2. The Kier molecular flexibility index (Phi) is 12.5. The molecule has 0 saturated carbocycles. The summed E-state index contributed by atoms with van der Waals surface area (Å²) in [6, 6.07) is 12.1. The van der Waals surface area contributed by atoms with Crippen LogP contribution in [0.1, 0.15) is 59.9 Å². The van der Waals surface area contributed by atoms with Crippen LogP contribution in [0.15, 0.2) is 64.7 Å². The molecule has 16 nitrogen and oxygen atoms in total. The van der Waals surface area contributed by atoms with Crippen LogP contribution in [0.5, 0.6) is 23.0 Å². The summed E-state index contributed by atoms with van der Waals surface area (Å²) >= 11 is 0. The predicted molar refractivity (Wildman–Crippen MR) is 214 cm³/mol. The minimum Gasteiger partial charge on any atom is -0.493 e. The van der Waals surface area contributed by atoms with Crippen LogP contribution in [-0.2, 0) is 14.4 Å². The van der Waals surface area contributed by atoms with E-state index in [1.165, 1.54) is 26.4 Å². The topological polar surface area (TPSA) is 196 Å². The molecule has 0 spiro atoms. The Morgan fingerprint density at radius 1 is 0.842 bits per heavy atom. The zero-order chi connectivity index (χ0) is 40.8. The number of benzene rings is 3. The molecule has 4 N–H and O–H groups in total. The van der Waals surface area contributed by atoms with E-state index >= 15 is 0 Å². The van der Waals surface area contributed by atoms with Crippen molar-refractivity contribution in [3.63, 3.8) is 0 Å². The summed E-state index contributed by atoms with van der Waals surface area (Å²) in [6.07, 6.45) is 6.20. The summed E-state index contributed by atoms with van der Waals surface area (Å²) in [7, 11) is 4.43. The highest BCUT2D eigenvalue weighted by Crippen LogP contribution is 2.40. The first kappa shape index (κ1) is 40.4. The number of rotatable bonds is 15. The van der Waals surface area contributed by atoms with Gasteiger partial charge in [-0.1, -0.05) is 26.0 Å². The summed E-state index contributed by atoms with van der Waals surface area (Å²) in [4.78, 5) is 67.6. The van der Waals surface area contributed by atoms with Crippen molar-refractivity contribution >= 4 is 58.7 Å². The monoisotopic (exact) mass is 781 g/mol. The molecule has 3 heterocycles. The maximum absolute atomic E-state index is 13.9. The third kappa shape index (κ3) is 8.92. The number of nitrogens with two attached hydrogens (primary N) is 1. The van der Waals surface area contributed by atoms with E-state index in [4.69, 9.17) is 29.5 Å². The quantitative estimate of drug-likeness (QED) is 0.182. The van der Waals surface area contributed by atoms with E-state index in [9.17, 15) is 19.2 Å². The number of hydrogen-bond donors (Lipinski definition) is 3. The van der Waals surface area contributed by atoms with Gasteiger partial charge in [0.15, 0.2) is 23.0 Å². The highest BCUT2D eigenvalue weighted by molar-refractivity contribution is 6.06. The fourth-order valence-electron chi connectivity index (χ4n) is 6.38. The summed E-state index contributed by atoms with van der Waals surface area (Å²) in [6.45, 7) is 6.04. The molecule has 3 aromatic rings. The van der Waals surface area contributed by atoms with E-state index in [0.29, 0.717) is 64.0 Å². The number of amides is 4. The molecule has 3 aromatic carbocycles. The highest BCUT2D eigenvalue weighted by atomic mass is 16.7. The molecular weight excluding hydrogens is 734 g/mol. The summed E-state index contributed by atoms with van der Waals surface area (Å²) in [5.41, 5.74) is 9.90. The van der Waals surface area contributed by atoms with Crippen LogP contribution in [0, 0.1) is 5.92 Å². The van der Waals surface area contributed by atoms with Gasteiger partial charge in [0.05, 0.1) is 75.7 Å². The van der Waals surface area contributed by atoms with Gasteiger partial charge in [-0.05, 0) is 48.2 Å². The second-order valence-electron chi connectivity index (χ2n) is 13.9. The molecule has 3 aliphatic rings. The minimum absolute atomic E-state index is 0.0569. The Hall–Kier alpha value is -6.26. The summed E-state index contributed by atoms with van der Waals surface area (Å²) < 4.78 is 23.2. The normalized spacial score (nSPS) is 16.8. The number of hydrogen-bond acceptors (Lipinski definition) is 12. The van der Waals surface area contributed by atoms with Gasteiger partial charge in [-0.15, -0.1) is 0 Å². The van der Waals surface area contributed by atoms with Crippen molar-refractivity contribution in [2.75, 3.05) is 46.4 Å². The van der Waals surface area contributed by atoms with Crippen LogP contribution in [0.4, 0.5) is 17.1 Å². The van der Waals surface area contributed by atoms with Gasteiger partial charge in [0.2, 0.25) is 11.8 Å². The van der Waals surface area contributed by atoms with Crippen molar-refractivity contribution in [1.82, 2.24) is 15.3 Å². The lowest BCUT2D eigenvalue weighted by Gasteiger charge is -2.19. The zero-order valence-corrected chi connectivity index (χ0v) is 32.7. The largest absolute Gasteiger partial charge is 0.493 e. The molecule has 4 amide bonds. The Bertz CT molecular complexity index is 2120. The number of nitrogens with one attached hydrogen (secondary N) is 2. The molecule has 300 valence electrons. The van der Waals surface area contributed by atoms with Crippen LogP contribution < -0.4 is 35.3 Å². The second kappa shape index (κ2) is 17.7. The zero-order valence-electron chi connectivity index (χ0n) is 32.7. The van der Waals surface area contributed by atoms with Gasteiger partial charge in [0.1, 0.15) is 6.04 Å². The maximum atomic E-state index is 13.9. The van der Waals surface area contributed by atoms with E-state index in [1.807, 2.05) is 32.2 Å². The Labute approximate surface area is 330 Å². The SMILES string of the molecule is COc1cc2c(cc1OCCCOc1cc3c(cc1OC)C(=O)N1C=C(c4ccc(NC(=O)[C@H](C)NC(=O)[C@@H](N)C(C)C)cc4)C[C@H]1C=N3)N=CCN(OC)C2=O. The third-order valence-corrected chi connectivity index (χ3v) is 9.75. The molecule has 0 aromatic heterocycles. The smallest absolute Gasteiger partial charge is 0.280 e. The predicted octanol–water partition coefficient (Wildman–Crippen LogP) is 4.67. The lowest BCUT2D eigenvalue weighted by Crippen LogP contribution is -2.50. The first-order chi connectivity index (χ1) is 27.4. The van der Waals surface area contributed by atoms with Crippen LogP contribution in [0.25, 0.3) is 5.57 Å². The van der Waals surface area contributed by atoms with Gasteiger partial charge < -0.3 is 40.2 Å². The molecule has 57 heavy (non-hydrogen) atoms. The summed E-state index contributed by atoms with van der Waals surface area (Å²) in [5, 5.41) is 6.67. The first-order valence-corrected chi connectivity index (χ1v) is 18.5. The lowest BCUT2D eigenvalue weighted by atomic mass is 10.0. The highest BCUT2D eigenvalue weighted by Gasteiger charge is 2.34. The maximum Gasteiger partial charge on any atom is 0.280 e. The van der Waals surface area contributed by atoms with Gasteiger partial charge in [-0.2, -0.15) is 0 Å². The molecular formula is C41H47N7O9. The van der Waals surface area contributed by atoms with E-state index in [2.05, 4.69) is 20.6 Å². The first-order valence-electron chi connectivity index (χ1n) is 18.5. The molecule has 3 aliphatic heterocycles. The van der Waals surface area contributed by atoms with Gasteiger partial charge >= 0.3 is 0 Å². The van der Waals surface area contributed by atoms with Crippen molar-refractivity contribution in [3.05, 3.63) is 71.4 Å². The molecule has 3 atom stereocenters. The Morgan fingerprint density at radius 3 is 2.05 bits per heavy atom. The van der Waals surface area contributed by atoms with Crippen molar-refractivity contribution in [2.24, 2.45) is 21.6 Å². The molecule has 0 unspecified atom stereocenters. The average molecular weight is 782 g/mol. The van der Waals surface area contributed by atoms with Gasteiger partial charge in [-0.25, -0.2) is 5.06 Å². The number of fused-ring (bicyclic) bond motifs is 3. The fraction of sp³-hybridized carbons (Fsp3) is 0.366. The standard InChI is InChI=1S/C41H47N7O9/c1-23(2)37(42)39(50)45-24(3)38(49)46-27-10-8-25(9-11-27)26-16-28-21-44-32-20-36(33(53-4)17-29(32)40(51)47(28)22-26)57-15-7-14-56-35-19-31-30(18-34(35)54-5)41(52)48(55-6)13-12-43-31/h8-12,17-24,28,37H,7,13-16,42H2,1-6H3,(H,45,50)(H,46,49)/t24-,28-,37-/m0/s1. The van der Waals surface area contributed by atoms with E-state index in [1.54, 1.807) is 60.7 Å². The van der Waals surface area contributed by atoms with Gasteiger partial charge in [0, 0.05) is 49.3 Å². The number of carbonyl (C=O) groups is 4. The van der Waals surface area contributed by atoms with Crippen LogP contribution >= 0.6 is 0 Å². The van der Waals surface area contributed by atoms with Crippen molar-refractivity contribution in [1.29, 1.82) is 0 Å².